The van der Waals surface area contributed by atoms with Gasteiger partial charge in [-0.3, -0.25) is 9.13 Å². The van der Waals surface area contributed by atoms with Gasteiger partial charge in [0, 0.05) is 36.1 Å². The van der Waals surface area contributed by atoms with Crippen LogP contribution >= 0.6 is 0 Å². The Morgan fingerprint density at radius 2 is 1.95 bits per heavy atom. The van der Waals surface area contributed by atoms with Crippen LogP contribution in [0.1, 0.15) is 50.4 Å². The van der Waals surface area contributed by atoms with E-state index in [2.05, 4.69) is 69.2 Å². The molecule has 0 atom stereocenters. The number of hydrogen-bond acceptors (Lipinski definition) is 6. The average molecular weight is 500 g/mol. The summed E-state index contributed by atoms with van der Waals surface area (Å²) in [6.45, 7) is 7.47. The second-order valence-electron chi connectivity index (χ2n) is 9.33. The van der Waals surface area contributed by atoms with Gasteiger partial charge in [0.2, 0.25) is 0 Å². The number of aryl methyl sites for hydroxylation is 3. The van der Waals surface area contributed by atoms with E-state index in [1.54, 1.807) is 4.57 Å². The lowest BCUT2D eigenvalue weighted by Crippen LogP contribution is -2.36. The number of tetrazole rings is 1. The molecule has 3 aromatic heterocycles. The number of unbranched alkanes of at least 4 members (excludes halogenated alkanes) is 1. The van der Waals surface area contributed by atoms with Crippen LogP contribution < -0.4 is 11.0 Å². The Morgan fingerprint density at radius 3 is 2.65 bits per heavy atom. The molecule has 10 heteroatoms. The second-order valence-corrected chi connectivity index (χ2v) is 9.33. The third kappa shape index (κ3) is 4.54. The minimum atomic E-state index is -0.537. The normalized spacial score (nSPS) is 14.2. The molecule has 1 aliphatic heterocycles. The standard InChI is InChI=1S/C27H33N9O/c1-4-7-11-23-18-34(25-20(5-2)17-29-36(25)6-3)26(37)35(23)19-27(12-14-28-15-13-27)22-10-8-9-21(16-22)24-30-32-33-31-24/h8-10,12-18,28H,4-7,11,19H2,1-3H3,(H,30,31,32,33). The number of aromatic amines is 1. The number of nitrogens with one attached hydrogen (secondary N) is 2. The molecule has 0 aliphatic carbocycles. The minimum absolute atomic E-state index is 0.0497. The maximum atomic E-state index is 14.1. The van der Waals surface area contributed by atoms with Crippen LogP contribution in [0, 0.1) is 0 Å². The number of hydrogen-bond donors (Lipinski definition) is 2. The van der Waals surface area contributed by atoms with Gasteiger partial charge in [0.15, 0.2) is 5.82 Å². The zero-order chi connectivity index (χ0) is 25.8. The van der Waals surface area contributed by atoms with Crippen molar-refractivity contribution in [2.24, 2.45) is 0 Å². The van der Waals surface area contributed by atoms with Crippen LogP contribution in [0.25, 0.3) is 17.2 Å². The van der Waals surface area contributed by atoms with Crippen LogP contribution in [0.3, 0.4) is 0 Å². The molecule has 0 fully saturated rings. The molecule has 0 spiro atoms. The van der Waals surface area contributed by atoms with Crippen LogP contribution in [-0.4, -0.2) is 39.5 Å². The van der Waals surface area contributed by atoms with Crippen molar-refractivity contribution in [1.29, 1.82) is 0 Å². The Hall–Kier alpha value is -4.21. The molecule has 1 aliphatic rings. The molecule has 0 radical (unpaired) electrons. The van der Waals surface area contributed by atoms with E-state index in [0.717, 1.165) is 53.9 Å². The molecule has 37 heavy (non-hydrogen) atoms. The van der Waals surface area contributed by atoms with Gasteiger partial charge >= 0.3 is 5.69 Å². The fraction of sp³-hybridized carbons (Fsp3) is 0.370. The highest BCUT2D eigenvalue weighted by atomic mass is 16.1. The van der Waals surface area contributed by atoms with Gasteiger partial charge < -0.3 is 5.32 Å². The molecule has 4 heterocycles. The predicted octanol–water partition coefficient (Wildman–Crippen LogP) is 3.51. The van der Waals surface area contributed by atoms with Gasteiger partial charge in [0.1, 0.15) is 5.82 Å². The molecule has 0 unspecified atom stereocenters. The lowest BCUT2D eigenvalue weighted by Gasteiger charge is -2.31. The summed E-state index contributed by atoms with van der Waals surface area (Å²) in [6.07, 6.45) is 15.7. The lowest BCUT2D eigenvalue weighted by molar-refractivity contribution is 0.495. The van der Waals surface area contributed by atoms with Crippen molar-refractivity contribution in [3.63, 3.8) is 0 Å². The first-order chi connectivity index (χ1) is 18.1. The summed E-state index contributed by atoms with van der Waals surface area (Å²) >= 11 is 0. The van der Waals surface area contributed by atoms with E-state index in [4.69, 9.17) is 0 Å². The molecule has 5 rings (SSSR count). The Kier molecular flexibility index (Phi) is 6.89. The van der Waals surface area contributed by atoms with Crippen LogP contribution in [-0.2, 0) is 31.3 Å². The van der Waals surface area contributed by atoms with E-state index >= 15 is 0 Å². The summed E-state index contributed by atoms with van der Waals surface area (Å²) in [4.78, 5) is 14.1. The van der Waals surface area contributed by atoms with E-state index in [1.807, 2.05) is 53.1 Å². The van der Waals surface area contributed by atoms with E-state index in [0.29, 0.717) is 18.9 Å². The quantitative estimate of drug-likeness (QED) is 0.345. The summed E-state index contributed by atoms with van der Waals surface area (Å²) in [6, 6.07) is 8.14. The van der Waals surface area contributed by atoms with Crippen LogP contribution in [0.4, 0.5) is 0 Å². The molecule has 4 aromatic rings. The van der Waals surface area contributed by atoms with Crippen molar-refractivity contribution >= 4 is 0 Å². The zero-order valence-electron chi connectivity index (χ0n) is 21.6. The molecule has 0 bridgehead atoms. The van der Waals surface area contributed by atoms with Crippen LogP contribution in [0.2, 0.25) is 0 Å². The third-order valence-corrected chi connectivity index (χ3v) is 7.03. The second kappa shape index (κ2) is 10.4. The average Bonchev–Trinajstić information content (AvgIpc) is 3.68. The summed E-state index contributed by atoms with van der Waals surface area (Å²) < 4.78 is 5.63. The van der Waals surface area contributed by atoms with E-state index < -0.39 is 5.41 Å². The fourth-order valence-electron chi connectivity index (χ4n) is 4.98. The van der Waals surface area contributed by atoms with Gasteiger partial charge in [-0.1, -0.05) is 50.6 Å². The molecule has 0 saturated carbocycles. The van der Waals surface area contributed by atoms with Gasteiger partial charge in [-0.25, -0.2) is 14.6 Å². The highest BCUT2D eigenvalue weighted by Gasteiger charge is 2.32. The van der Waals surface area contributed by atoms with Gasteiger partial charge in [-0.2, -0.15) is 5.10 Å². The van der Waals surface area contributed by atoms with Crippen molar-refractivity contribution < 1.29 is 0 Å². The number of nitrogens with zero attached hydrogens (tertiary/aromatic N) is 7. The van der Waals surface area contributed by atoms with E-state index in [1.165, 1.54) is 0 Å². The van der Waals surface area contributed by atoms with Gasteiger partial charge in [-0.15, -0.1) is 5.10 Å². The van der Waals surface area contributed by atoms with Crippen molar-refractivity contribution in [2.75, 3.05) is 0 Å². The number of rotatable bonds is 10. The van der Waals surface area contributed by atoms with E-state index in [9.17, 15) is 4.79 Å². The first-order valence-corrected chi connectivity index (χ1v) is 12.9. The Morgan fingerprint density at radius 1 is 1.11 bits per heavy atom. The van der Waals surface area contributed by atoms with E-state index in [-0.39, 0.29) is 5.69 Å². The number of allylic oxidation sites excluding steroid dienone is 2. The minimum Gasteiger partial charge on any atom is -0.368 e. The lowest BCUT2D eigenvalue weighted by atomic mass is 9.78. The first kappa shape index (κ1) is 24.5. The van der Waals surface area contributed by atoms with Crippen molar-refractivity contribution in [2.45, 2.75) is 65.0 Å². The number of benzene rings is 1. The molecular weight excluding hydrogens is 466 g/mol. The van der Waals surface area contributed by atoms with Crippen molar-refractivity contribution in [1.82, 2.24) is 44.9 Å². The summed E-state index contributed by atoms with van der Waals surface area (Å²) in [5.41, 5.74) is 3.43. The molecule has 192 valence electrons. The molecule has 1 aromatic carbocycles. The summed E-state index contributed by atoms with van der Waals surface area (Å²) in [7, 11) is 0. The van der Waals surface area contributed by atoms with Gasteiger partial charge in [0.05, 0.1) is 11.6 Å². The molecular formula is C27H33N9O. The summed E-state index contributed by atoms with van der Waals surface area (Å²) in [5, 5.41) is 22.0. The smallest absolute Gasteiger partial charge is 0.334 e. The molecule has 0 amide bonds. The van der Waals surface area contributed by atoms with Gasteiger partial charge in [-0.05, 0) is 60.6 Å². The van der Waals surface area contributed by atoms with Crippen molar-refractivity contribution in [3.05, 3.63) is 88.5 Å². The molecule has 10 nitrogen and oxygen atoms in total. The first-order valence-electron chi connectivity index (χ1n) is 12.9. The van der Waals surface area contributed by atoms with Crippen molar-refractivity contribution in [3.8, 4) is 17.2 Å². The van der Waals surface area contributed by atoms with Gasteiger partial charge in [0.25, 0.3) is 0 Å². The Balaban J connectivity index is 1.64. The third-order valence-electron chi connectivity index (χ3n) is 7.03. The molecule has 2 N–H and O–H groups in total. The largest absolute Gasteiger partial charge is 0.368 e. The number of H-pyrrole nitrogens is 1. The highest BCUT2D eigenvalue weighted by Crippen LogP contribution is 2.33. The Labute approximate surface area is 215 Å². The summed E-state index contributed by atoms with van der Waals surface area (Å²) in [5.74, 6) is 1.46. The predicted molar refractivity (Wildman–Crippen MR) is 142 cm³/mol. The topological polar surface area (TPSA) is 111 Å². The SMILES string of the molecule is CCCCc1cn(-c2c(CC)cnn2CC)c(=O)n1CC1(c2cccc(-c3nnn[nH]3)c2)C=CNC=C1. The number of aromatic nitrogens is 8. The molecule has 0 saturated heterocycles. The Bertz CT molecular complexity index is 1440. The monoisotopic (exact) mass is 499 g/mol. The number of dihydropyridines is 1. The highest BCUT2D eigenvalue weighted by molar-refractivity contribution is 5.57. The maximum Gasteiger partial charge on any atom is 0.334 e. The van der Waals surface area contributed by atoms with Crippen LogP contribution in [0.15, 0.2) is 66.0 Å². The number of imidazole rings is 1. The fourth-order valence-corrected chi connectivity index (χ4v) is 4.98. The zero-order valence-corrected chi connectivity index (χ0v) is 21.6. The maximum absolute atomic E-state index is 14.1. The van der Waals surface area contributed by atoms with Crippen LogP contribution in [0.5, 0.6) is 0 Å².